The predicted molar refractivity (Wildman–Crippen MR) is 64.5 cm³/mol. The first-order valence-corrected chi connectivity index (χ1v) is 5.88. The van der Waals surface area contributed by atoms with Crippen molar-refractivity contribution in [3.63, 3.8) is 0 Å². The van der Waals surface area contributed by atoms with E-state index in [4.69, 9.17) is 4.74 Å². The van der Waals surface area contributed by atoms with Crippen LogP contribution in [0.25, 0.3) is 0 Å². The molecule has 0 spiro atoms. The van der Waals surface area contributed by atoms with Crippen LogP contribution in [0.2, 0.25) is 0 Å². The molecule has 1 unspecified atom stereocenters. The monoisotopic (exact) mass is 242 g/mol. The van der Waals surface area contributed by atoms with Gasteiger partial charge in [0.15, 0.2) is 0 Å². The first kappa shape index (κ1) is 14.1. The molecule has 17 heavy (non-hydrogen) atoms. The van der Waals surface area contributed by atoms with Crippen molar-refractivity contribution in [2.75, 3.05) is 20.3 Å². The topological polar surface area (TPSA) is 72.2 Å². The molecule has 1 aromatic heterocycles. The zero-order valence-corrected chi connectivity index (χ0v) is 10.8. The van der Waals surface area contributed by atoms with Gasteiger partial charge < -0.3 is 15.2 Å². The van der Waals surface area contributed by atoms with E-state index in [0.717, 1.165) is 12.2 Å². The lowest BCUT2D eigenvalue weighted by Gasteiger charge is -2.20. The van der Waals surface area contributed by atoms with E-state index in [2.05, 4.69) is 15.6 Å². The van der Waals surface area contributed by atoms with Gasteiger partial charge in [-0.15, -0.1) is 5.10 Å². The van der Waals surface area contributed by atoms with Gasteiger partial charge in [0.1, 0.15) is 0 Å². The molecule has 1 heterocycles. The Kier molecular flexibility index (Phi) is 5.54. The molecule has 0 aliphatic carbocycles. The maximum atomic E-state index is 9.91. The summed E-state index contributed by atoms with van der Waals surface area (Å²) in [7, 11) is 1.67. The van der Waals surface area contributed by atoms with Gasteiger partial charge in [0, 0.05) is 26.4 Å². The summed E-state index contributed by atoms with van der Waals surface area (Å²) in [6, 6.07) is 0. The summed E-state index contributed by atoms with van der Waals surface area (Å²) in [5, 5.41) is 21.1. The van der Waals surface area contributed by atoms with Crippen molar-refractivity contribution in [1.82, 2.24) is 20.3 Å². The summed E-state index contributed by atoms with van der Waals surface area (Å²) < 4.78 is 6.61. The van der Waals surface area contributed by atoms with Gasteiger partial charge in [0.25, 0.3) is 0 Å². The van der Waals surface area contributed by atoms with Crippen LogP contribution >= 0.6 is 0 Å². The average molecular weight is 242 g/mol. The standard InChI is InChI=1S/C11H22N4O2/c1-4-11(2,16)9-15-8-10(13-14-15)7-12-5-6-17-3/h8,12,16H,4-7,9H2,1-3H3. The molecule has 6 nitrogen and oxygen atoms in total. The van der Waals surface area contributed by atoms with Crippen LogP contribution in [0.4, 0.5) is 0 Å². The minimum atomic E-state index is -0.728. The first-order valence-electron chi connectivity index (χ1n) is 5.88. The highest BCUT2D eigenvalue weighted by Crippen LogP contribution is 2.10. The van der Waals surface area contributed by atoms with E-state index >= 15 is 0 Å². The van der Waals surface area contributed by atoms with Crippen molar-refractivity contribution in [2.45, 2.75) is 39.0 Å². The Labute approximate surface area is 102 Å². The zero-order chi connectivity index (χ0) is 12.7. The SMILES string of the molecule is CCC(C)(O)Cn1cc(CNCCOC)nn1. The molecule has 0 saturated heterocycles. The summed E-state index contributed by atoms with van der Waals surface area (Å²) in [4.78, 5) is 0. The summed E-state index contributed by atoms with van der Waals surface area (Å²) in [6.07, 6.45) is 2.54. The Morgan fingerprint density at radius 1 is 1.59 bits per heavy atom. The summed E-state index contributed by atoms with van der Waals surface area (Å²) in [6.45, 7) is 6.34. The molecule has 2 N–H and O–H groups in total. The highest BCUT2D eigenvalue weighted by molar-refractivity contribution is 4.92. The van der Waals surface area contributed by atoms with Crippen molar-refractivity contribution in [3.05, 3.63) is 11.9 Å². The molecule has 98 valence electrons. The lowest BCUT2D eigenvalue weighted by Crippen LogP contribution is -2.29. The van der Waals surface area contributed by atoms with Crippen LogP contribution in [-0.4, -0.2) is 46.0 Å². The van der Waals surface area contributed by atoms with Crippen molar-refractivity contribution in [2.24, 2.45) is 0 Å². The number of aliphatic hydroxyl groups is 1. The van der Waals surface area contributed by atoms with E-state index in [1.54, 1.807) is 18.7 Å². The van der Waals surface area contributed by atoms with Gasteiger partial charge in [0.05, 0.1) is 24.4 Å². The minimum absolute atomic E-state index is 0.467. The van der Waals surface area contributed by atoms with Crippen LogP contribution in [0, 0.1) is 0 Å². The fourth-order valence-corrected chi connectivity index (χ4v) is 1.35. The normalized spacial score (nSPS) is 14.8. The predicted octanol–water partition coefficient (Wildman–Crippen LogP) is 0.175. The van der Waals surface area contributed by atoms with Crippen molar-refractivity contribution in [3.8, 4) is 0 Å². The third-order valence-electron chi connectivity index (χ3n) is 2.64. The summed E-state index contributed by atoms with van der Waals surface area (Å²) in [5.41, 5.74) is 0.141. The fourth-order valence-electron chi connectivity index (χ4n) is 1.35. The zero-order valence-electron chi connectivity index (χ0n) is 10.8. The highest BCUT2D eigenvalue weighted by atomic mass is 16.5. The fraction of sp³-hybridized carbons (Fsp3) is 0.818. The van der Waals surface area contributed by atoms with E-state index in [9.17, 15) is 5.11 Å². The smallest absolute Gasteiger partial charge is 0.0964 e. The number of hydrogen-bond donors (Lipinski definition) is 2. The van der Waals surface area contributed by atoms with Crippen molar-refractivity contribution in [1.29, 1.82) is 0 Å². The number of aromatic nitrogens is 3. The van der Waals surface area contributed by atoms with E-state index in [1.165, 1.54) is 0 Å². The van der Waals surface area contributed by atoms with E-state index in [1.807, 2.05) is 13.1 Å². The Hall–Kier alpha value is -0.980. The molecular weight excluding hydrogens is 220 g/mol. The van der Waals surface area contributed by atoms with Gasteiger partial charge in [-0.05, 0) is 13.3 Å². The Bertz CT molecular complexity index is 325. The van der Waals surface area contributed by atoms with Crippen molar-refractivity contribution >= 4 is 0 Å². The largest absolute Gasteiger partial charge is 0.388 e. The van der Waals surface area contributed by atoms with Gasteiger partial charge in [-0.25, -0.2) is 4.68 Å². The Morgan fingerprint density at radius 2 is 2.35 bits per heavy atom. The summed E-state index contributed by atoms with van der Waals surface area (Å²) >= 11 is 0. The van der Waals surface area contributed by atoms with Crippen LogP contribution < -0.4 is 5.32 Å². The summed E-state index contributed by atoms with van der Waals surface area (Å²) in [5.74, 6) is 0. The molecule has 0 aliphatic rings. The quantitative estimate of drug-likeness (QED) is 0.636. The number of rotatable bonds is 8. The second-order valence-electron chi connectivity index (χ2n) is 4.43. The Balaban J connectivity index is 2.37. The van der Waals surface area contributed by atoms with Crippen LogP contribution in [-0.2, 0) is 17.8 Å². The highest BCUT2D eigenvalue weighted by Gasteiger charge is 2.18. The lowest BCUT2D eigenvalue weighted by molar-refractivity contribution is 0.0339. The number of nitrogens with one attached hydrogen (secondary N) is 1. The molecule has 1 aromatic rings. The van der Waals surface area contributed by atoms with E-state index < -0.39 is 5.60 Å². The number of hydrogen-bond acceptors (Lipinski definition) is 5. The van der Waals surface area contributed by atoms with Gasteiger partial charge in [-0.1, -0.05) is 12.1 Å². The van der Waals surface area contributed by atoms with Gasteiger partial charge in [0.2, 0.25) is 0 Å². The third-order valence-corrected chi connectivity index (χ3v) is 2.64. The van der Waals surface area contributed by atoms with Crippen LogP contribution in [0.3, 0.4) is 0 Å². The third kappa shape index (κ3) is 5.25. The van der Waals surface area contributed by atoms with E-state index in [0.29, 0.717) is 26.1 Å². The molecular formula is C11H22N4O2. The van der Waals surface area contributed by atoms with Crippen LogP contribution in [0.1, 0.15) is 26.0 Å². The first-order chi connectivity index (χ1) is 8.07. The lowest BCUT2D eigenvalue weighted by atomic mass is 10.0. The number of methoxy groups -OCH3 is 1. The molecule has 1 rings (SSSR count). The maximum absolute atomic E-state index is 9.91. The molecule has 0 saturated carbocycles. The van der Waals surface area contributed by atoms with Gasteiger partial charge in [-0.3, -0.25) is 0 Å². The number of ether oxygens (including phenoxy) is 1. The molecule has 1 atom stereocenters. The molecule has 0 aliphatic heterocycles. The van der Waals surface area contributed by atoms with E-state index in [-0.39, 0.29) is 0 Å². The van der Waals surface area contributed by atoms with Gasteiger partial charge in [-0.2, -0.15) is 0 Å². The average Bonchev–Trinajstić information content (AvgIpc) is 2.71. The second kappa shape index (κ2) is 6.68. The molecule has 0 fully saturated rings. The van der Waals surface area contributed by atoms with Gasteiger partial charge >= 0.3 is 0 Å². The maximum Gasteiger partial charge on any atom is 0.0964 e. The molecule has 6 heteroatoms. The second-order valence-corrected chi connectivity index (χ2v) is 4.43. The Morgan fingerprint density at radius 3 is 3.00 bits per heavy atom. The van der Waals surface area contributed by atoms with Crippen LogP contribution in [0.5, 0.6) is 0 Å². The molecule has 0 aromatic carbocycles. The van der Waals surface area contributed by atoms with Crippen LogP contribution in [0.15, 0.2) is 6.20 Å². The molecule has 0 amide bonds. The van der Waals surface area contributed by atoms with Crippen molar-refractivity contribution < 1.29 is 9.84 Å². The minimum Gasteiger partial charge on any atom is -0.388 e. The molecule has 0 bridgehead atoms. The molecule has 0 radical (unpaired) electrons. The number of nitrogens with zero attached hydrogens (tertiary/aromatic N) is 3.